The number of nitrogens with one attached hydrogen (secondary N) is 1. The van der Waals surface area contributed by atoms with Crippen LogP contribution in [0.25, 0.3) is 0 Å². The Hall–Kier alpha value is -2.34. The molecule has 0 unspecified atom stereocenters. The van der Waals surface area contributed by atoms with E-state index in [2.05, 4.69) is 27.1 Å². The second-order valence-electron chi connectivity index (χ2n) is 7.40. The van der Waals surface area contributed by atoms with Gasteiger partial charge in [-0.25, -0.2) is 9.97 Å². The number of fused-ring (bicyclic) bond motifs is 1. The lowest BCUT2D eigenvalue weighted by Gasteiger charge is -2.37. The Morgan fingerprint density at radius 3 is 2.62 bits per heavy atom. The topological polar surface area (TPSA) is 59.5 Å². The summed E-state index contributed by atoms with van der Waals surface area (Å²) in [5, 5.41) is 3.60. The lowest BCUT2D eigenvalue weighted by Crippen LogP contribution is -2.51. The van der Waals surface area contributed by atoms with Crippen molar-refractivity contribution in [2.45, 2.75) is 25.4 Å². The lowest BCUT2D eigenvalue weighted by molar-refractivity contribution is 0.00628. The Kier molecular flexibility index (Phi) is 4.93. The van der Waals surface area contributed by atoms with E-state index in [0.29, 0.717) is 12.5 Å². The summed E-state index contributed by atoms with van der Waals surface area (Å²) in [5.41, 5.74) is -0.326. The standard InChI is InChI=1S/C20H26N4O2/c1-20(15-25-17-5-2-3-6-18(17)26-20)14-21-13-16-7-11-24(12-8-16)19-22-9-4-10-23-19/h2-6,9-10,16,21H,7-8,11-15H2,1H3/t20-/m0/s1. The molecule has 0 spiro atoms. The van der Waals surface area contributed by atoms with Crippen LogP contribution < -0.4 is 19.7 Å². The molecule has 0 aliphatic carbocycles. The molecule has 138 valence electrons. The molecule has 0 radical (unpaired) electrons. The summed E-state index contributed by atoms with van der Waals surface area (Å²) in [7, 11) is 0. The van der Waals surface area contributed by atoms with E-state index in [1.165, 1.54) is 0 Å². The molecule has 1 aromatic heterocycles. The van der Waals surface area contributed by atoms with Crippen LogP contribution >= 0.6 is 0 Å². The Bertz CT molecular complexity index is 719. The minimum Gasteiger partial charge on any atom is -0.485 e. The largest absolute Gasteiger partial charge is 0.485 e. The molecule has 1 saturated heterocycles. The van der Waals surface area contributed by atoms with Crippen molar-refractivity contribution in [3.05, 3.63) is 42.7 Å². The van der Waals surface area contributed by atoms with Crippen molar-refractivity contribution in [1.82, 2.24) is 15.3 Å². The fourth-order valence-electron chi connectivity index (χ4n) is 3.60. The second kappa shape index (κ2) is 7.50. The zero-order chi connectivity index (χ0) is 17.8. The first kappa shape index (κ1) is 17.1. The lowest BCUT2D eigenvalue weighted by atomic mass is 9.96. The number of hydrogen-bond donors (Lipinski definition) is 1. The first-order valence-corrected chi connectivity index (χ1v) is 9.35. The molecule has 4 rings (SSSR count). The van der Waals surface area contributed by atoms with Gasteiger partial charge in [0.1, 0.15) is 6.61 Å². The molecule has 3 heterocycles. The fraction of sp³-hybridized carbons (Fsp3) is 0.500. The smallest absolute Gasteiger partial charge is 0.225 e. The van der Waals surface area contributed by atoms with Crippen LogP contribution in [0.3, 0.4) is 0 Å². The number of anilines is 1. The van der Waals surface area contributed by atoms with E-state index in [0.717, 1.165) is 56.5 Å². The maximum absolute atomic E-state index is 6.17. The van der Waals surface area contributed by atoms with Gasteiger partial charge in [0.25, 0.3) is 0 Å². The van der Waals surface area contributed by atoms with Crippen molar-refractivity contribution in [2.75, 3.05) is 37.7 Å². The Morgan fingerprint density at radius 1 is 1.12 bits per heavy atom. The molecule has 2 aromatic rings. The maximum atomic E-state index is 6.17. The Labute approximate surface area is 154 Å². The van der Waals surface area contributed by atoms with Gasteiger partial charge in [-0.1, -0.05) is 12.1 Å². The number of piperidine rings is 1. The quantitative estimate of drug-likeness (QED) is 0.890. The number of aromatic nitrogens is 2. The molecule has 1 fully saturated rings. The highest BCUT2D eigenvalue weighted by Gasteiger charge is 2.33. The summed E-state index contributed by atoms with van der Waals surface area (Å²) in [4.78, 5) is 11.0. The summed E-state index contributed by atoms with van der Waals surface area (Å²) in [5.74, 6) is 3.19. The van der Waals surface area contributed by atoms with Gasteiger partial charge < -0.3 is 19.7 Å². The Morgan fingerprint density at radius 2 is 1.85 bits per heavy atom. The van der Waals surface area contributed by atoms with E-state index in [1.807, 2.05) is 30.3 Å². The van der Waals surface area contributed by atoms with E-state index in [-0.39, 0.29) is 5.60 Å². The van der Waals surface area contributed by atoms with Gasteiger partial charge in [0.15, 0.2) is 17.1 Å². The number of para-hydroxylation sites is 2. The van der Waals surface area contributed by atoms with Gasteiger partial charge in [0, 0.05) is 32.0 Å². The molecule has 1 atom stereocenters. The molecular weight excluding hydrogens is 328 g/mol. The van der Waals surface area contributed by atoms with Crippen molar-refractivity contribution in [3.63, 3.8) is 0 Å². The van der Waals surface area contributed by atoms with Gasteiger partial charge in [-0.3, -0.25) is 0 Å². The van der Waals surface area contributed by atoms with E-state index in [4.69, 9.17) is 9.47 Å². The van der Waals surface area contributed by atoms with E-state index in [9.17, 15) is 0 Å². The first-order valence-electron chi connectivity index (χ1n) is 9.35. The molecule has 1 aromatic carbocycles. The van der Waals surface area contributed by atoms with Crippen LogP contribution in [0.4, 0.5) is 5.95 Å². The third-order valence-electron chi connectivity index (χ3n) is 5.12. The normalized spacial score (nSPS) is 23.0. The molecule has 0 bridgehead atoms. The van der Waals surface area contributed by atoms with Crippen molar-refractivity contribution >= 4 is 5.95 Å². The third kappa shape index (κ3) is 3.90. The molecule has 6 heteroatoms. The van der Waals surface area contributed by atoms with E-state index >= 15 is 0 Å². The number of nitrogens with zero attached hydrogens (tertiary/aromatic N) is 3. The summed E-state index contributed by atoms with van der Waals surface area (Å²) >= 11 is 0. The van der Waals surface area contributed by atoms with Crippen molar-refractivity contribution in [2.24, 2.45) is 5.92 Å². The molecule has 0 saturated carbocycles. The molecule has 6 nitrogen and oxygen atoms in total. The average Bonchev–Trinajstić information content (AvgIpc) is 2.69. The van der Waals surface area contributed by atoms with Gasteiger partial charge in [0.2, 0.25) is 5.95 Å². The van der Waals surface area contributed by atoms with Gasteiger partial charge in [-0.05, 0) is 50.4 Å². The van der Waals surface area contributed by atoms with Crippen LogP contribution in [-0.4, -0.2) is 48.4 Å². The predicted molar refractivity (Wildman–Crippen MR) is 101 cm³/mol. The maximum Gasteiger partial charge on any atom is 0.225 e. The molecule has 26 heavy (non-hydrogen) atoms. The zero-order valence-electron chi connectivity index (χ0n) is 15.2. The van der Waals surface area contributed by atoms with Crippen LogP contribution in [0, 0.1) is 5.92 Å². The van der Waals surface area contributed by atoms with Crippen LogP contribution in [0.15, 0.2) is 42.7 Å². The highest BCUT2D eigenvalue weighted by Crippen LogP contribution is 2.34. The summed E-state index contributed by atoms with van der Waals surface area (Å²) in [6.45, 7) is 6.49. The second-order valence-corrected chi connectivity index (χ2v) is 7.40. The summed E-state index contributed by atoms with van der Waals surface area (Å²) < 4.78 is 12.0. The van der Waals surface area contributed by atoms with Gasteiger partial charge >= 0.3 is 0 Å². The van der Waals surface area contributed by atoms with E-state index in [1.54, 1.807) is 12.4 Å². The molecular formula is C20H26N4O2. The van der Waals surface area contributed by atoms with Crippen LogP contribution in [-0.2, 0) is 0 Å². The number of hydrogen-bond acceptors (Lipinski definition) is 6. The molecule has 2 aliphatic rings. The van der Waals surface area contributed by atoms with Crippen LogP contribution in [0.5, 0.6) is 11.5 Å². The van der Waals surface area contributed by atoms with Crippen molar-refractivity contribution in [1.29, 1.82) is 0 Å². The van der Waals surface area contributed by atoms with Gasteiger partial charge in [-0.15, -0.1) is 0 Å². The molecule has 0 amide bonds. The first-order chi connectivity index (χ1) is 12.7. The highest BCUT2D eigenvalue weighted by atomic mass is 16.6. The Balaban J connectivity index is 1.22. The minimum atomic E-state index is -0.326. The summed E-state index contributed by atoms with van der Waals surface area (Å²) in [6.07, 6.45) is 5.92. The zero-order valence-corrected chi connectivity index (χ0v) is 15.2. The third-order valence-corrected chi connectivity index (χ3v) is 5.12. The number of benzene rings is 1. The van der Waals surface area contributed by atoms with E-state index < -0.39 is 0 Å². The van der Waals surface area contributed by atoms with Gasteiger partial charge in [0.05, 0.1) is 0 Å². The minimum absolute atomic E-state index is 0.326. The van der Waals surface area contributed by atoms with Crippen molar-refractivity contribution in [3.8, 4) is 11.5 Å². The average molecular weight is 354 g/mol. The molecule has 1 N–H and O–H groups in total. The number of ether oxygens (including phenoxy) is 2. The SMILES string of the molecule is C[C@]1(CNCC2CCN(c3ncccn3)CC2)COc2ccccc2O1. The predicted octanol–water partition coefficient (Wildman–Crippen LogP) is 2.51. The summed E-state index contributed by atoms with van der Waals surface area (Å²) in [6, 6.07) is 9.72. The van der Waals surface area contributed by atoms with Crippen molar-refractivity contribution < 1.29 is 9.47 Å². The molecule has 2 aliphatic heterocycles. The number of rotatable bonds is 5. The highest BCUT2D eigenvalue weighted by molar-refractivity contribution is 5.41. The van der Waals surface area contributed by atoms with Crippen LogP contribution in [0.1, 0.15) is 19.8 Å². The fourth-order valence-corrected chi connectivity index (χ4v) is 3.60. The van der Waals surface area contributed by atoms with Gasteiger partial charge in [-0.2, -0.15) is 0 Å². The van der Waals surface area contributed by atoms with Crippen LogP contribution in [0.2, 0.25) is 0 Å². The monoisotopic (exact) mass is 354 g/mol.